The van der Waals surface area contributed by atoms with Crippen molar-refractivity contribution in [2.45, 2.75) is 13.5 Å². The molecule has 0 spiro atoms. The first-order chi connectivity index (χ1) is 10.4. The molecular weight excluding hydrogens is 323 g/mol. The molecule has 1 amide bonds. The predicted molar refractivity (Wildman–Crippen MR) is 88.5 cm³/mol. The van der Waals surface area contributed by atoms with E-state index < -0.39 is 0 Å². The van der Waals surface area contributed by atoms with Crippen molar-refractivity contribution in [3.8, 4) is 0 Å². The largest absolute Gasteiger partial charge is 0.398 e. The van der Waals surface area contributed by atoms with E-state index in [2.05, 4.69) is 5.32 Å². The van der Waals surface area contributed by atoms with Crippen molar-refractivity contribution in [2.75, 3.05) is 5.73 Å². The number of nitrogens with one attached hydrogen (secondary N) is 1. The number of Topliss-reactive ketones (excluding diaryl/α,β-unsaturated/α-hetero) is 1. The highest BCUT2D eigenvalue weighted by Crippen LogP contribution is 2.22. The van der Waals surface area contributed by atoms with Crippen LogP contribution in [0.25, 0.3) is 0 Å². The number of amides is 1. The van der Waals surface area contributed by atoms with E-state index in [1.165, 1.54) is 13.0 Å². The second-order valence-electron chi connectivity index (χ2n) is 4.79. The third kappa shape index (κ3) is 3.78. The van der Waals surface area contributed by atoms with Gasteiger partial charge in [-0.2, -0.15) is 0 Å². The molecular formula is C16H14Cl2N2O2. The van der Waals surface area contributed by atoms with Gasteiger partial charge in [0.25, 0.3) is 5.91 Å². The molecule has 3 N–H and O–H groups in total. The molecule has 0 saturated heterocycles. The summed E-state index contributed by atoms with van der Waals surface area (Å²) in [6.07, 6.45) is 0. The summed E-state index contributed by atoms with van der Waals surface area (Å²) in [5.74, 6) is -0.423. The Kier molecular flexibility index (Phi) is 5.06. The molecule has 0 aliphatic rings. The fourth-order valence-corrected chi connectivity index (χ4v) is 2.28. The molecule has 0 unspecified atom stereocenters. The summed E-state index contributed by atoms with van der Waals surface area (Å²) in [5, 5.41) is 3.65. The minimum Gasteiger partial charge on any atom is -0.398 e. The first-order valence-electron chi connectivity index (χ1n) is 6.51. The smallest absolute Gasteiger partial charge is 0.251 e. The topological polar surface area (TPSA) is 72.2 Å². The van der Waals surface area contributed by atoms with Gasteiger partial charge in [-0.3, -0.25) is 9.59 Å². The molecule has 0 bridgehead atoms. The number of hydrogen-bond donors (Lipinski definition) is 2. The molecule has 0 saturated carbocycles. The van der Waals surface area contributed by atoms with Gasteiger partial charge >= 0.3 is 0 Å². The average molecular weight is 337 g/mol. The summed E-state index contributed by atoms with van der Waals surface area (Å²) in [6.45, 7) is 1.74. The van der Waals surface area contributed by atoms with Crippen LogP contribution in [0.4, 0.5) is 5.69 Å². The Bertz CT molecular complexity index is 745. The van der Waals surface area contributed by atoms with Crippen LogP contribution in [-0.2, 0) is 6.54 Å². The molecule has 2 aromatic rings. The van der Waals surface area contributed by atoms with Gasteiger partial charge in [-0.05, 0) is 42.8 Å². The normalized spacial score (nSPS) is 10.3. The minimum atomic E-state index is -0.284. The van der Waals surface area contributed by atoms with Crippen molar-refractivity contribution in [2.24, 2.45) is 0 Å². The quantitative estimate of drug-likeness (QED) is 0.660. The monoisotopic (exact) mass is 336 g/mol. The van der Waals surface area contributed by atoms with E-state index in [1.54, 1.807) is 30.3 Å². The standard InChI is InChI=1S/C16H14Cl2N2O2/c1-9(21)12-4-3-11(7-15(12)19)16(22)20-8-10-2-5-13(17)14(18)6-10/h2-7H,8,19H2,1H3,(H,20,22). The second-order valence-corrected chi connectivity index (χ2v) is 5.60. The zero-order valence-electron chi connectivity index (χ0n) is 11.8. The van der Waals surface area contributed by atoms with E-state index >= 15 is 0 Å². The first kappa shape index (κ1) is 16.3. The lowest BCUT2D eigenvalue weighted by Crippen LogP contribution is -2.23. The lowest BCUT2D eigenvalue weighted by Gasteiger charge is -2.08. The van der Waals surface area contributed by atoms with Crippen LogP contribution in [0.1, 0.15) is 33.2 Å². The van der Waals surface area contributed by atoms with E-state index in [4.69, 9.17) is 28.9 Å². The average Bonchev–Trinajstić information content (AvgIpc) is 2.47. The van der Waals surface area contributed by atoms with Crippen molar-refractivity contribution in [1.82, 2.24) is 5.32 Å². The fourth-order valence-electron chi connectivity index (χ4n) is 1.96. The van der Waals surface area contributed by atoms with Crippen LogP contribution in [0.15, 0.2) is 36.4 Å². The first-order valence-corrected chi connectivity index (χ1v) is 7.26. The highest BCUT2D eigenvalue weighted by Gasteiger charge is 2.10. The Morgan fingerprint density at radius 3 is 2.41 bits per heavy atom. The van der Waals surface area contributed by atoms with Gasteiger partial charge in [-0.1, -0.05) is 29.3 Å². The third-order valence-corrected chi connectivity index (χ3v) is 3.87. The van der Waals surface area contributed by atoms with E-state index in [0.29, 0.717) is 27.7 Å². The Balaban J connectivity index is 2.07. The molecule has 2 aromatic carbocycles. The van der Waals surface area contributed by atoms with E-state index in [-0.39, 0.29) is 17.4 Å². The SMILES string of the molecule is CC(=O)c1ccc(C(=O)NCc2ccc(Cl)c(Cl)c2)cc1N. The number of rotatable bonds is 4. The molecule has 4 nitrogen and oxygen atoms in total. The molecule has 0 heterocycles. The number of ketones is 1. The third-order valence-electron chi connectivity index (χ3n) is 3.13. The predicted octanol–water partition coefficient (Wildman–Crippen LogP) is 3.71. The number of carbonyl (C=O) groups excluding carboxylic acids is 2. The number of anilines is 1. The van der Waals surface area contributed by atoms with Gasteiger partial charge in [0.05, 0.1) is 10.0 Å². The van der Waals surface area contributed by atoms with Crippen LogP contribution >= 0.6 is 23.2 Å². The van der Waals surface area contributed by atoms with Gasteiger partial charge in [0, 0.05) is 23.4 Å². The van der Waals surface area contributed by atoms with E-state index in [9.17, 15) is 9.59 Å². The number of nitrogen functional groups attached to an aromatic ring is 1. The van der Waals surface area contributed by atoms with Crippen LogP contribution in [0.5, 0.6) is 0 Å². The van der Waals surface area contributed by atoms with Gasteiger partial charge in [-0.25, -0.2) is 0 Å². The lowest BCUT2D eigenvalue weighted by atomic mass is 10.1. The number of halogens is 2. The number of nitrogens with two attached hydrogens (primary N) is 1. The molecule has 0 aliphatic carbocycles. The van der Waals surface area contributed by atoms with Gasteiger partial charge in [0.1, 0.15) is 0 Å². The van der Waals surface area contributed by atoms with Crippen molar-refractivity contribution in [1.29, 1.82) is 0 Å². The van der Waals surface area contributed by atoms with Gasteiger partial charge in [-0.15, -0.1) is 0 Å². The molecule has 0 fully saturated rings. The zero-order valence-corrected chi connectivity index (χ0v) is 13.3. The zero-order chi connectivity index (χ0) is 16.3. The number of carbonyl (C=O) groups is 2. The number of hydrogen-bond acceptors (Lipinski definition) is 3. The molecule has 22 heavy (non-hydrogen) atoms. The molecule has 6 heteroatoms. The van der Waals surface area contributed by atoms with Gasteiger partial charge in [0.15, 0.2) is 5.78 Å². The lowest BCUT2D eigenvalue weighted by molar-refractivity contribution is 0.0949. The van der Waals surface area contributed by atoms with Gasteiger partial charge < -0.3 is 11.1 Å². The van der Waals surface area contributed by atoms with Crippen molar-refractivity contribution < 1.29 is 9.59 Å². The highest BCUT2D eigenvalue weighted by atomic mass is 35.5. The Labute approximate surface area is 138 Å². The van der Waals surface area contributed by atoms with Crippen LogP contribution in [-0.4, -0.2) is 11.7 Å². The molecule has 2 rings (SSSR count). The maximum absolute atomic E-state index is 12.1. The van der Waals surface area contributed by atoms with Crippen molar-refractivity contribution >= 4 is 40.6 Å². The van der Waals surface area contributed by atoms with E-state index in [0.717, 1.165) is 5.56 Å². The molecule has 0 aromatic heterocycles. The van der Waals surface area contributed by atoms with E-state index in [1.807, 2.05) is 0 Å². The van der Waals surface area contributed by atoms with Crippen LogP contribution in [0.3, 0.4) is 0 Å². The summed E-state index contributed by atoms with van der Waals surface area (Å²) in [6, 6.07) is 9.74. The molecule has 0 aliphatic heterocycles. The minimum absolute atomic E-state index is 0.139. The fraction of sp³-hybridized carbons (Fsp3) is 0.125. The number of benzene rings is 2. The van der Waals surface area contributed by atoms with Crippen molar-refractivity contribution in [3.63, 3.8) is 0 Å². The maximum atomic E-state index is 12.1. The Hall–Kier alpha value is -2.04. The van der Waals surface area contributed by atoms with Crippen LogP contribution in [0, 0.1) is 0 Å². The molecule has 0 radical (unpaired) electrons. The second kappa shape index (κ2) is 6.81. The summed E-state index contributed by atoms with van der Waals surface area (Å²) >= 11 is 11.8. The highest BCUT2D eigenvalue weighted by molar-refractivity contribution is 6.42. The summed E-state index contributed by atoms with van der Waals surface area (Å²) in [7, 11) is 0. The van der Waals surface area contributed by atoms with Crippen LogP contribution < -0.4 is 11.1 Å². The Morgan fingerprint density at radius 2 is 1.82 bits per heavy atom. The van der Waals surface area contributed by atoms with Gasteiger partial charge in [0.2, 0.25) is 0 Å². The summed E-state index contributed by atoms with van der Waals surface area (Å²) in [5.41, 5.74) is 7.68. The Morgan fingerprint density at radius 1 is 1.09 bits per heavy atom. The maximum Gasteiger partial charge on any atom is 0.251 e. The summed E-state index contributed by atoms with van der Waals surface area (Å²) in [4.78, 5) is 23.4. The molecule has 0 atom stereocenters. The van der Waals surface area contributed by atoms with Crippen molar-refractivity contribution in [3.05, 3.63) is 63.1 Å². The summed E-state index contributed by atoms with van der Waals surface area (Å²) < 4.78 is 0. The van der Waals surface area contributed by atoms with Crippen LogP contribution in [0.2, 0.25) is 10.0 Å². The molecule has 114 valence electrons.